The molecule has 0 aliphatic rings. The van der Waals surface area contributed by atoms with E-state index in [1.807, 2.05) is 6.92 Å². The number of rotatable bonds is 8. The van der Waals surface area contributed by atoms with Gasteiger partial charge in [-0.1, -0.05) is 20.8 Å². The van der Waals surface area contributed by atoms with E-state index in [2.05, 4.69) is 48.0 Å². The van der Waals surface area contributed by atoms with Crippen LogP contribution in [0.15, 0.2) is 4.99 Å². The van der Waals surface area contributed by atoms with Crippen LogP contribution in [0.4, 0.5) is 0 Å². The Bertz CT molecular complexity index is 413. The van der Waals surface area contributed by atoms with Crippen molar-refractivity contribution in [2.24, 2.45) is 10.4 Å². The van der Waals surface area contributed by atoms with Crippen molar-refractivity contribution in [1.29, 1.82) is 0 Å². The lowest BCUT2D eigenvalue weighted by Crippen LogP contribution is -2.43. The second kappa shape index (κ2) is 9.25. The van der Waals surface area contributed by atoms with Crippen LogP contribution in [0, 0.1) is 5.41 Å². The Morgan fingerprint density at radius 3 is 2.38 bits per heavy atom. The molecular formula is C14H32N4O2S. The second-order valence-corrected chi connectivity index (χ2v) is 8.40. The van der Waals surface area contributed by atoms with Crippen molar-refractivity contribution in [3.8, 4) is 0 Å². The Balaban J connectivity index is 4.27. The molecule has 7 heteroatoms. The third-order valence-corrected chi connectivity index (χ3v) is 3.53. The van der Waals surface area contributed by atoms with Crippen LogP contribution in [0.2, 0.25) is 0 Å². The van der Waals surface area contributed by atoms with Crippen molar-refractivity contribution in [3.63, 3.8) is 0 Å². The van der Waals surface area contributed by atoms with E-state index in [0.717, 1.165) is 31.6 Å². The third kappa shape index (κ3) is 13.9. The molecule has 0 fully saturated rings. The lowest BCUT2D eigenvalue weighted by atomic mass is 9.89. The van der Waals surface area contributed by atoms with Gasteiger partial charge in [-0.25, -0.2) is 13.1 Å². The second-order valence-electron chi connectivity index (χ2n) is 6.57. The fourth-order valence-electron chi connectivity index (χ4n) is 1.67. The molecule has 0 saturated heterocycles. The highest BCUT2D eigenvalue weighted by molar-refractivity contribution is 7.88. The molecule has 0 amide bonds. The molecule has 0 rings (SSSR count). The Kier molecular flexibility index (Phi) is 8.89. The van der Waals surface area contributed by atoms with Crippen LogP contribution >= 0.6 is 0 Å². The van der Waals surface area contributed by atoms with E-state index >= 15 is 0 Å². The van der Waals surface area contributed by atoms with E-state index in [1.54, 1.807) is 0 Å². The summed E-state index contributed by atoms with van der Waals surface area (Å²) in [4.78, 5) is 4.37. The lowest BCUT2D eigenvalue weighted by molar-refractivity contribution is 0.346. The highest BCUT2D eigenvalue weighted by Gasteiger charge is 2.13. The average Bonchev–Trinajstić information content (AvgIpc) is 2.30. The van der Waals surface area contributed by atoms with Gasteiger partial charge in [0, 0.05) is 19.1 Å². The summed E-state index contributed by atoms with van der Waals surface area (Å²) in [5, 5.41) is 6.52. The SMILES string of the molecule is CCNC(=NCCNS(C)(=O)=O)NC(C)CCC(C)(C)C. The van der Waals surface area contributed by atoms with Gasteiger partial charge in [-0.3, -0.25) is 4.99 Å². The quantitative estimate of drug-likeness (QED) is 0.358. The normalized spacial score (nSPS) is 14.9. The summed E-state index contributed by atoms with van der Waals surface area (Å²) in [6, 6.07) is 0.324. The van der Waals surface area contributed by atoms with Crippen molar-refractivity contribution in [2.75, 3.05) is 25.9 Å². The zero-order chi connectivity index (χ0) is 16.5. The molecule has 0 aliphatic carbocycles. The molecule has 126 valence electrons. The van der Waals surface area contributed by atoms with Gasteiger partial charge >= 0.3 is 0 Å². The summed E-state index contributed by atoms with van der Waals surface area (Å²) < 4.78 is 24.4. The van der Waals surface area contributed by atoms with Gasteiger partial charge in [-0.15, -0.1) is 0 Å². The predicted octanol–water partition coefficient (Wildman–Crippen LogP) is 1.31. The van der Waals surface area contributed by atoms with Crippen molar-refractivity contribution < 1.29 is 8.42 Å². The summed E-state index contributed by atoms with van der Waals surface area (Å²) in [6.45, 7) is 12.3. The van der Waals surface area contributed by atoms with Gasteiger partial charge in [0.1, 0.15) is 0 Å². The van der Waals surface area contributed by atoms with Crippen molar-refractivity contribution in [1.82, 2.24) is 15.4 Å². The highest BCUT2D eigenvalue weighted by Crippen LogP contribution is 2.21. The van der Waals surface area contributed by atoms with Gasteiger partial charge in [0.2, 0.25) is 10.0 Å². The Morgan fingerprint density at radius 1 is 1.29 bits per heavy atom. The molecule has 1 unspecified atom stereocenters. The average molecular weight is 321 g/mol. The van der Waals surface area contributed by atoms with Gasteiger partial charge in [0.15, 0.2) is 5.96 Å². The van der Waals surface area contributed by atoms with E-state index in [1.165, 1.54) is 0 Å². The molecule has 0 aromatic carbocycles. The Hall–Kier alpha value is -0.820. The first kappa shape index (κ1) is 20.2. The van der Waals surface area contributed by atoms with Gasteiger partial charge in [-0.05, 0) is 32.1 Å². The minimum Gasteiger partial charge on any atom is -0.357 e. The maximum absolute atomic E-state index is 11.0. The van der Waals surface area contributed by atoms with E-state index in [-0.39, 0.29) is 0 Å². The maximum Gasteiger partial charge on any atom is 0.208 e. The smallest absolute Gasteiger partial charge is 0.208 e. The topological polar surface area (TPSA) is 82.6 Å². The van der Waals surface area contributed by atoms with Crippen LogP contribution in [-0.4, -0.2) is 46.3 Å². The van der Waals surface area contributed by atoms with E-state index in [9.17, 15) is 8.42 Å². The summed E-state index contributed by atoms with van der Waals surface area (Å²) >= 11 is 0. The molecule has 0 aromatic heterocycles. The zero-order valence-corrected chi connectivity index (χ0v) is 15.1. The molecule has 0 saturated carbocycles. The van der Waals surface area contributed by atoms with E-state index < -0.39 is 10.0 Å². The number of guanidine groups is 1. The molecule has 0 bridgehead atoms. The molecule has 1 atom stereocenters. The number of aliphatic imine (C=N–C) groups is 1. The van der Waals surface area contributed by atoms with Gasteiger partial charge < -0.3 is 10.6 Å². The fraction of sp³-hybridized carbons (Fsp3) is 0.929. The first-order chi connectivity index (χ1) is 9.53. The third-order valence-electron chi connectivity index (χ3n) is 2.80. The molecule has 6 nitrogen and oxygen atoms in total. The van der Waals surface area contributed by atoms with E-state index in [4.69, 9.17) is 0 Å². The summed E-state index contributed by atoms with van der Waals surface area (Å²) in [5.74, 6) is 0.731. The molecule has 0 radical (unpaired) electrons. The van der Waals surface area contributed by atoms with Crippen LogP contribution in [0.25, 0.3) is 0 Å². The summed E-state index contributed by atoms with van der Waals surface area (Å²) in [7, 11) is -3.14. The van der Waals surface area contributed by atoms with Crippen molar-refractivity contribution in [3.05, 3.63) is 0 Å². The minimum absolute atomic E-state index is 0.311. The Labute approximate surface area is 130 Å². The molecule has 21 heavy (non-hydrogen) atoms. The number of nitrogens with zero attached hydrogens (tertiary/aromatic N) is 1. The Morgan fingerprint density at radius 2 is 1.90 bits per heavy atom. The molecule has 0 spiro atoms. The first-order valence-electron chi connectivity index (χ1n) is 7.53. The van der Waals surface area contributed by atoms with Crippen LogP contribution in [-0.2, 0) is 10.0 Å². The lowest BCUT2D eigenvalue weighted by Gasteiger charge is -2.23. The van der Waals surface area contributed by atoms with Crippen molar-refractivity contribution in [2.45, 2.75) is 53.5 Å². The van der Waals surface area contributed by atoms with Crippen LogP contribution in [0.3, 0.4) is 0 Å². The van der Waals surface area contributed by atoms with Gasteiger partial charge in [0.25, 0.3) is 0 Å². The predicted molar refractivity (Wildman–Crippen MR) is 90.1 cm³/mol. The van der Waals surface area contributed by atoms with Crippen LogP contribution < -0.4 is 15.4 Å². The van der Waals surface area contributed by atoms with Gasteiger partial charge in [0.05, 0.1) is 12.8 Å². The summed E-state index contributed by atoms with van der Waals surface area (Å²) in [5.41, 5.74) is 0.324. The zero-order valence-electron chi connectivity index (χ0n) is 14.3. The van der Waals surface area contributed by atoms with Gasteiger partial charge in [-0.2, -0.15) is 0 Å². The standard InChI is InChI=1S/C14H32N4O2S/c1-7-15-13(16-10-11-17-21(6,19)20)18-12(2)8-9-14(3,4)5/h12,17H,7-11H2,1-6H3,(H2,15,16,18). The number of nitrogens with one attached hydrogen (secondary N) is 3. The van der Waals surface area contributed by atoms with Crippen LogP contribution in [0.1, 0.15) is 47.5 Å². The largest absolute Gasteiger partial charge is 0.357 e. The minimum atomic E-state index is -3.14. The monoisotopic (exact) mass is 320 g/mol. The highest BCUT2D eigenvalue weighted by atomic mass is 32.2. The number of hydrogen-bond donors (Lipinski definition) is 3. The summed E-state index contributed by atoms with van der Waals surface area (Å²) in [6.07, 6.45) is 3.35. The maximum atomic E-state index is 11.0. The first-order valence-corrected chi connectivity index (χ1v) is 9.42. The van der Waals surface area contributed by atoms with Crippen LogP contribution in [0.5, 0.6) is 0 Å². The molecular weight excluding hydrogens is 288 g/mol. The molecule has 0 aromatic rings. The number of hydrogen-bond acceptors (Lipinski definition) is 3. The number of sulfonamides is 1. The molecule has 0 aliphatic heterocycles. The molecule has 3 N–H and O–H groups in total. The van der Waals surface area contributed by atoms with Crippen molar-refractivity contribution >= 4 is 16.0 Å². The fourth-order valence-corrected chi connectivity index (χ4v) is 2.14. The molecule has 0 heterocycles. The van der Waals surface area contributed by atoms with E-state index in [0.29, 0.717) is 24.5 Å².